The van der Waals surface area contributed by atoms with E-state index in [4.69, 9.17) is 21.1 Å². The van der Waals surface area contributed by atoms with E-state index in [1.165, 1.54) is 13.2 Å². The van der Waals surface area contributed by atoms with Crippen LogP contribution in [0.4, 0.5) is 9.18 Å². The third-order valence-electron chi connectivity index (χ3n) is 3.53. The van der Waals surface area contributed by atoms with Crippen molar-refractivity contribution in [3.05, 3.63) is 57.9 Å². The molecule has 0 saturated carbocycles. The molecule has 0 aromatic heterocycles. The van der Waals surface area contributed by atoms with Gasteiger partial charge in [-0.1, -0.05) is 24.6 Å². The van der Waals surface area contributed by atoms with Gasteiger partial charge >= 0.3 is 6.16 Å². The van der Waals surface area contributed by atoms with Gasteiger partial charge in [0, 0.05) is 6.07 Å². The zero-order valence-corrected chi connectivity index (χ0v) is 14.4. The Morgan fingerprint density at radius 2 is 2.00 bits per heavy atom. The molecule has 0 radical (unpaired) electrons. The first-order valence-electron chi connectivity index (χ1n) is 7.41. The number of hydrogen-bond donors (Lipinski definition) is 0. The lowest BCUT2D eigenvalue weighted by Crippen LogP contribution is -2.10. The van der Waals surface area contributed by atoms with E-state index in [2.05, 4.69) is 4.74 Å². The van der Waals surface area contributed by atoms with Crippen molar-refractivity contribution < 1.29 is 23.4 Å². The second kappa shape index (κ2) is 8.02. The quantitative estimate of drug-likeness (QED) is 0.556. The fourth-order valence-corrected chi connectivity index (χ4v) is 2.43. The second-order valence-electron chi connectivity index (χ2n) is 5.12. The lowest BCUT2D eigenvalue weighted by molar-refractivity contribution is 0.120. The van der Waals surface area contributed by atoms with Crippen LogP contribution in [0.1, 0.15) is 23.6 Å². The molecular weight excluding hydrogens is 335 g/mol. The van der Waals surface area contributed by atoms with E-state index in [-0.39, 0.29) is 18.2 Å². The Morgan fingerprint density at radius 1 is 1.25 bits per heavy atom. The monoisotopic (exact) mass is 352 g/mol. The molecule has 0 atom stereocenters. The van der Waals surface area contributed by atoms with Crippen LogP contribution in [0.5, 0.6) is 11.5 Å². The molecule has 128 valence electrons. The molecule has 0 aliphatic rings. The molecule has 0 N–H and O–H groups in total. The van der Waals surface area contributed by atoms with Gasteiger partial charge in [-0.15, -0.1) is 0 Å². The fraction of sp³-hybridized carbons (Fsp3) is 0.278. The van der Waals surface area contributed by atoms with Gasteiger partial charge in [-0.3, -0.25) is 0 Å². The maximum Gasteiger partial charge on any atom is 0.513 e. The number of hydrogen-bond acceptors (Lipinski definition) is 4. The molecule has 0 bridgehead atoms. The topological polar surface area (TPSA) is 44.8 Å². The average Bonchev–Trinajstić information content (AvgIpc) is 2.56. The molecule has 0 fully saturated rings. The molecule has 2 rings (SSSR count). The summed E-state index contributed by atoms with van der Waals surface area (Å²) in [7, 11) is 1.21. The maximum atomic E-state index is 13.9. The van der Waals surface area contributed by atoms with Crippen LogP contribution in [0.15, 0.2) is 30.3 Å². The number of ether oxygens (including phenoxy) is 3. The summed E-state index contributed by atoms with van der Waals surface area (Å²) in [5, 5.41) is 0.375. The molecule has 0 spiro atoms. The number of carbonyl (C=O) groups is 1. The predicted octanol–water partition coefficient (Wildman–Crippen LogP) is 5.07. The van der Waals surface area contributed by atoms with E-state index in [0.29, 0.717) is 28.3 Å². The molecule has 6 heteroatoms. The summed E-state index contributed by atoms with van der Waals surface area (Å²) >= 11 is 6.15. The minimum Gasteiger partial charge on any atom is -0.488 e. The van der Waals surface area contributed by atoms with Crippen molar-refractivity contribution >= 4 is 17.8 Å². The van der Waals surface area contributed by atoms with Crippen LogP contribution >= 0.6 is 11.6 Å². The average molecular weight is 353 g/mol. The highest BCUT2D eigenvalue weighted by Gasteiger charge is 2.14. The molecule has 0 amide bonds. The highest BCUT2D eigenvalue weighted by atomic mass is 35.5. The minimum absolute atomic E-state index is 0.0255. The van der Waals surface area contributed by atoms with Gasteiger partial charge in [-0.05, 0) is 42.7 Å². The van der Waals surface area contributed by atoms with Crippen molar-refractivity contribution in [1.82, 2.24) is 0 Å². The number of carbonyl (C=O) groups excluding carboxylic acids is 1. The molecule has 0 unspecified atom stereocenters. The number of halogens is 2. The number of aryl methyl sites for hydroxylation is 2. The lowest BCUT2D eigenvalue weighted by Gasteiger charge is -2.14. The Labute approximate surface area is 145 Å². The van der Waals surface area contributed by atoms with Crippen molar-refractivity contribution in [2.24, 2.45) is 0 Å². The largest absolute Gasteiger partial charge is 0.513 e. The molecule has 0 aliphatic carbocycles. The van der Waals surface area contributed by atoms with Crippen molar-refractivity contribution in [3.63, 3.8) is 0 Å². The summed E-state index contributed by atoms with van der Waals surface area (Å²) in [5.41, 5.74) is 1.92. The van der Waals surface area contributed by atoms with E-state index in [1.54, 1.807) is 24.3 Å². The number of benzene rings is 2. The predicted molar refractivity (Wildman–Crippen MR) is 89.3 cm³/mol. The van der Waals surface area contributed by atoms with Crippen molar-refractivity contribution in [1.29, 1.82) is 0 Å². The first-order valence-corrected chi connectivity index (χ1v) is 7.79. The zero-order valence-electron chi connectivity index (χ0n) is 13.7. The van der Waals surface area contributed by atoms with Crippen LogP contribution in [-0.2, 0) is 17.8 Å². The molecule has 24 heavy (non-hydrogen) atoms. The molecule has 2 aromatic carbocycles. The standard InChI is InChI=1S/C18H18ClFO4/c1-4-12-8-11(2)17(9-15(12)20)23-10-13-14(19)6-5-7-16(13)24-18(21)22-3/h5-9H,4,10H2,1-3H3. The highest BCUT2D eigenvalue weighted by molar-refractivity contribution is 6.31. The van der Waals surface area contributed by atoms with Gasteiger partial charge in [0.2, 0.25) is 0 Å². The van der Waals surface area contributed by atoms with Gasteiger partial charge in [-0.2, -0.15) is 0 Å². The third kappa shape index (κ3) is 4.17. The lowest BCUT2D eigenvalue weighted by atomic mass is 10.1. The molecule has 0 saturated heterocycles. The van der Waals surface area contributed by atoms with Gasteiger partial charge in [0.25, 0.3) is 0 Å². The normalized spacial score (nSPS) is 10.4. The SMILES string of the molecule is CCc1cc(C)c(OCc2c(Cl)cccc2OC(=O)OC)cc1F. The van der Waals surface area contributed by atoms with E-state index in [1.807, 2.05) is 13.8 Å². The summed E-state index contributed by atoms with van der Waals surface area (Å²) in [6.45, 7) is 3.75. The summed E-state index contributed by atoms with van der Waals surface area (Å²) in [4.78, 5) is 11.3. The van der Waals surface area contributed by atoms with Crippen LogP contribution in [0.2, 0.25) is 5.02 Å². The Morgan fingerprint density at radius 3 is 2.67 bits per heavy atom. The van der Waals surface area contributed by atoms with Crippen molar-refractivity contribution in [2.75, 3.05) is 7.11 Å². The van der Waals surface area contributed by atoms with E-state index >= 15 is 0 Å². The van der Waals surface area contributed by atoms with E-state index in [9.17, 15) is 9.18 Å². The van der Waals surface area contributed by atoms with Gasteiger partial charge in [0.15, 0.2) is 0 Å². The van der Waals surface area contributed by atoms with Crippen LogP contribution in [0.25, 0.3) is 0 Å². The van der Waals surface area contributed by atoms with Crippen LogP contribution in [-0.4, -0.2) is 13.3 Å². The van der Waals surface area contributed by atoms with Crippen LogP contribution in [0, 0.1) is 12.7 Å². The van der Waals surface area contributed by atoms with Crippen molar-refractivity contribution in [3.8, 4) is 11.5 Å². The number of rotatable bonds is 5. The highest BCUT2D eigenvalue weighted by Crippen LogP contribution is 2.30. The maximum absolute atomic E-state index is 13.9. The molecule has 0 heterocycles. The minimum atomic E-state index is -0.854. The van der Waals surface area contributed by atoms with Crippen molar-refractivity contribution in [2.45, 2.75) is 26.9 Å². The Balaban J connectivity index is 2.23. The van der Waals surface area contributed by atoms with Crippen LogP contribution in [0.3, 0.4) is 0 Å². The van der Waals surface area contributed by atoms with Gasteiger partial charge < -0.3 is 14.2 Å². The summed E-state index contributed by atoms with van der Waals surface area (Å²) < 4.78 is 29.2. The van der Waals surface area contributed by atoms with E-state index in [0.717, 1.165) is 5.56 Å². The third-order valence-corrected chi connectivity index (χ3v) is 3.89. The van der Waals surface area contributed by atoms with Gasteiger partial charge in [0.1, 0.15) is 23.9 Å². The first kappa shape index (κ1) is 18.1. The zero-order chi connectivity index (χ0) is 17.7. The smallest absolute Gasteiger partial charge is 0.488 e. The molecule has 4 nitrogen and oxygen atoms in total. The van der Waals surface area contributed by atoms with Gasteiger partial charge in [0.05, 0.1) is 17.7 Å². The molecule has 0 aliphatic heterocycles. The molecule has 2 aromatic rings. The fourth-order valence-electron chi connectivity index (χ4n) is 2.21. The summed E-state index contributed by atoms with van der Waals surface area (Å²) in [5.74, 6) is 0.328. The van der Waals surface area contributed by atoms with Gasteiger partial charge in [-0.25, -0.2) is 9.18 Å². The second-order valence-corrected chi connectivity index (χ2v) is 5.53. The Hall–Kier alpha value is -2.27. The summed E-state index contributed by atoms with van der Waals surface area (Å²) in [6.07, 6.45) is -0.248. The first-order chi connectivity index (χ1) is 11.5. The Kier molecular flexibility index (Phi) is 6.04. The van der Waals surface area contributed by atoms with E-state index < -0.39 is 6.16 Å². The number of methoxy groups -OCH3 is 1. The summed E-state index contributed by atoms with van der Waals surface area (Å²) in [6, 6.07) is 7.98. The molecular formula is C18H18ClFO4. The Bertz CT molecular complexity index is 746. The van der Waals surface area contributed by atoms with Crippen LogP contribution < -0.4 is 9.47 Å².